The first-order valence-corrected chi connectivity index (χ1v) is 47.4. The number of aliphatic hydroxyl groups is 3. The lowest BCUT2D eigenvalue weighted by molar-refractivity contribution is -0.138. The fourth-order valence-electron chi connectivity index (χ4n) is 19.0. The highest BCUT2D eigenvalue weighted by atomic mass is 19.4. The number of para-hydroxylation sites is 2. The number of benzene rings is 9. The Bertz CT molecular complexity index is 6580. The van der Waals surface area contributed by atoms with Gasteiger partial charge in [0, 0.05) is 84.3 Å². The number of anilines is 4. The number of carbonyl (C=O) groups excluding carboxylic acids is 5. The number of alkyl halides is 12. The number of hydrogen-bond donors (Lipinski definition) is 8. The zero-order chi connectivity index (χ0) is 99.4. The van der Waals surface area contributed by atoms with Gasteiger partial charge in [0.15, 0.2) is 0 Å². The van der Waals surface area contributed by atoms with Gasteiger partial charge in [-0.2, -0.15) is 52.7 Å². The van der Waals surface area contributed by atoms with Gasteiger partial charge >= 0.3 is 24.7 Å². The Morgan fingerprint density at radius 3 is 1.16 bits per heavy atom. The van der Waals surface area contributed by atoms with Crippen molar-refractivity contribution in [1.29, 1.82) is 0 Å². The number of hydrogen-bond acceptors (Lipinski definition) is 17. The third-order valence-corrected chi connectivity index (χ3v) is 26.3. The molecule has 6 fully saturated rings. The smallest absolute Gasteiger partial charge is 0.416 e. The first-order chi connectivity index (χ1) is 67.6. The number of likely N-dealkylation sites (tertiary alicyclic amines) is 3. The van der Waals surface area contributed by atoms with E-state index in [9.17, 15) is 97.1 Å². The van der Waals surface area contributed by atoms with Crippen molar-refractivity contribution >= 4 is 97.5 Å². The number of imidazole rings is 4. The zero-order valence-electron chi connectivity index (χ0n) is 76.8. The third kappa shape index (κ3) is 25.1. The Labute approximate surface area is 802 Å². The highest BCUT2D eigenvalue weighted by molar-refractivity contribution is 6.07. The number of rotatable bonds is 22. The number of aromatic nitrogens is 8. The minimum absolute atomic E-state index is 0.00826. The van der Waals surface area contributed by atoms with E-state index < -0.39 is 76.7 Å². The van der Waals surface area contributed by atoms with Crippen LogP contribution < -0.4 is 30.7 Å². The van der Waals surface area contributed by atoms with E-state index in [1.54, 1.807) is 33.7 Å². The van der Waals surface area contributed by atoms with Gasteiger partial charge in [0.05, 0.1) is 85.7 Å². The number of ether oxygens (including phenoxy) is 2. The van der Waals surface area contributed by atoms with Crippen LogP contribution in [0.5, 0.6) is 17.2 Å². The summed E-state index contributed by atoms with van der Waals surface area (Å²) in [6.07, 6.45) is -2.94. The maximum atomic E-state index is 13.2. The molecule has 9 aromatic carbocycles. The zero-order valence-corrected chi connectivity index (χ0v) is 76.8. The Morgan fingerprint density at radius 1 is 0.362 bits per heavy atom. The summed E-state index contributed by atoms with van der Waals surface area (Å²) in [4.78, 5) is 88.4. The van der Waals surface area contributed by atoms with E-state index in [4.69, 9.17) is 9.47 Å². The van der Waals surface area contributed by atoms with E-state index in [1.165, 1.54) is 93.1 Å². The molecule has 4 aromatic heterocycles. The molecule has 0 unspecified atom stereocenters. The maximum absolute atomic E-state index is 13.2. The minimum Gasteiger partial charge on any atom is -0.506 e. The molecule has 744 valence electrons. The number of fused-ring (bicyclic) bond motifs is 4. The molecule has 8 N–H and O–H groups in total. The Hall–Kier alpha value is -13.4. The van der Waals surface area contributed by atoms with Crippen LogP contribution in [-0.2, 0) is 36.0 Å². The van der Waals surface area contributed by atoms with Gasteiger partial charge < -0.3 is 48.5 Å². The summed E-state index contributed by atoms with van der Waals surface area (Å²) in [6.45, 7) is 8.16. The number of nitrogens with one attached hydrogen (secondary N) is 4. The van der Waals surface area contributed by atoms with E-state index in [1.807, 2.05) is 80.4 Å². The number of nitrogens with zero attached hydrogens (tertiary/aromatic N) is 11. The van der Waals surface area contributed by atoms with Crippen LogP contribution >= 0.6 is 0 Å². The van der Waals surface area contributed by atoms with Gasteiger partial charge in [0.1, 0.15) is 36.0 Å². The number of amides is 5. The van der Waals surface area contributed by atoms with Crippen LogP contribution in [-0.4, -0.2) is 180 Å². The maximum Gasteiger partial charge on any atom is 0.416 e. The number of halogens is 12. The van der Waals surface area contributed by atoms with Crippen molar-refractivity contribution in [2.24, 2.45) is 0 Å². The van der Waals surface area contributed by atoms with Gasteiger partial charge in [-0.3, -0.25) is 59.6 Å². The fraction of sp³-hybridized carbons (Fsp3) is 0.388. The van der Waals surface area contributed by atoms with E-state index in [-0.39, 0.29) is 88.0 Å². The summed E-state index contributed by atoms with van der Waals surface area (Å²) in [5.41, 5.74) is 3.04. The van der Waals surface area contributed by atoms with Crippen molar-refractivity contribution in [2.75, 3.05) is 80.3 Å². The average molecular weight is 1960 g/mol. The topological polar surface area (TPSA) is 314 Å². The summed E-state index contributed by atoms with van der Waals surface area (Å²) >= 11 is 0. The highest BCUT2D eigenvalue weighted by Crippen LogP contribution is 2.43. The average Bonchev–Trinajstić information content (AvgIpc) is 1.64. The lowest BCUT2D eigenvalue weighted by atomic mass is 9.93. The molecule has 38 heteroatoms. The van der Waals surface area contributed by atoms with Gasteiger partial charge in [-0.05, 0) is 274 Å². The summed E-state index contributed by atoms with van der Waals surface area (Å²) in [5.74, 6) is -0.497. The van der Waals surface area contributed by atoms with Gasteiger partial charge in [-0.25, -0.2) is 19.9 Å². The number of aliphatic hydroxyl groups excluding tert-OH is 3. The molecule has 0 spiro atoms. The highest BCUT2D eigenvalue weighted by Gasteiger charge is 2.38. The molecule has 13 aromatic rings. The van der Waals surface area contributed by atoms with Gasteiger partial charge in [0.25, 0.3) is 23.6 Å². The van der Waals surface area contributed by atoms with Crippen LogP contribution in [0.4, 0.5) is 76.5 Å². The predicted octanol–water partition coefficient (Wildman–Crippen LogP) is 21.2. The lowest BCUT2D eigenvalue weighted by Gasteiger charge is -2.28. The van der Waals surface area contributed by atoms with Crippen molar-refractivity contribution in [2.45, 2.75) is 196 Å². The molecule has 19 rings (SSSR count). The van der Waals surface area contributed by atoms with Crippen molar-refractivity contribution < 1.29 is 107 Å². The molecular formula is C103H107F12N15O11. The Morgan fingerprint density at radius 2 is 0.738 bits per heavy atom. The largest absolute Gasteiger partial charge is 0.506 e. The molecule has 5 amide bonds. The van der Waals surface area contributed by atoms with Crippen LogP contribution in [0.2, 0.25) is 0 Å². The molecule has 3 aliphatic heterocycles. The van der Waals surface area contributed by atoms with Crippen molar-refractivity contribution in [3.05, 3.63) is 250 Å². The number of piperidine rings is 2. The number of carbonyl (C=O) groups is 5. The van der Waals surface area contributed by atoms with Crippen LogP contribution in [0, 0.1) is 0 Å². The molecule has 0 atom stereocenters. The van der Waals surface area contributed by atoms with Crippen molar-refractivity contribution in [3.63, 3.8) is 0 Å². The first-order valence-electron chi connectivity index (χ1n) is 47.4. The summed E-state index contributed by atoms with van der Waals surface area (Å²) < 4.78 is 177. The number of aromatic hydroxyl groups is 1. The molecule has 141 heavy (non-hydrogen) atoms. The standard InChI is InChI=1S/C28H33F3N4O3.C27H29F3N4O4.C27H25F3N4O.C21H20F3N3O3/c29-28(30,31)20-6-4-5-19(17-20)26(37)33-27-32-24-18-23(38-16-15-34-13-2-1-3-14-34)11-12-25(24)35(27)21-7-9-22(36)10-8-21;28-27(29,30)18-4-1-3-17(15-18)25(37)32-26-31-22-16-21(38-14-13-33-12-2-5-24(33)36)10-11-23(22)34(26)19-6-8-20(35)9-7-19;28-27(29,30)21-9-7-8-20(17-21)25(35)32-26-31-23-16-19(18-33-14-5-2-6-15-33)12-13-24(23)34(26)22-10-3-1-4-11-22;22-21(23,24)13-4-1-3-12(11-13)19(30)26-20-25-16-5-2-6-17(29)18(16)27(20)14-7-9-15(28)10-8-14/h4-6,11-12,17-18,21-22,36H,1-3,7-10,13-16H2,(H,32,33,37);1,3-4,10-11,15-16,19-20,35H,2,5-9,12-14H2,(H,31,32,37);1,3-4,7-13,16-17H,2,5-6,14-15,18H2,(H,31,32,35);1-6,11,14-15,28-29H,7-10H2,(H,25,26,30). The molecule has 3 aliphatic carbocycles. The second-order valence-electron chi connectivity index (χ2n) is 36.2. The van der Waals surface area contributed by atoms with E-state index in [0.29, 0.717) is 142 Å². The van der Waals surface area contributed by atoms with Gasteiger partial charge in [0.2, 0.25) is 29.7 Å². The molecule has 6 aliphatic rings. The van der Waals surface area contributed by atoms with E-state index >= 15 is 0 Å². The third-order valence-electron chi connectivity index (χ3n) is 26.3. The number of phenols is 1. The molecule has 3 saturated heterocycles. The van der Waals surface area contributed by atoms with Crippen LogP contribution in [0.3, 0.4) is 0 Å². The monoisotopic (exact) mass is 1960 g/mol. The normalized spacial score (nSPS) is 19.0. The SMILES string of the molecule is O=C(Nc1nc2cc(CN3CCCCC3)ccc2n1-c1ccccc1)c1cccc(C(F)(F)F)c1.O=C(Nc1nc2cc(OCCN3CCCC3=O)ccc2n1C1CCC(O)CC1)c1cccc(C(F)(F)F)c1.O=C(Nc1nc2cc(OCCN3CCCCC3)ccc2n1C1CCC(O)CC1)c1cccc(C(F)(F)F)c1.O=C(Nc1nc2cccc(O)c2n1C1CCC(O)CC1)c1cccc(C(F)(F)F)c1. The van der Waals surface area contributed by atoms with Crippen LogP contribution in [0.25, 0.3) is 49.8 Å². The van der Waals surface area contributed by atoms with E-state index in [2.05, 4.69) is 57.1 Å². The second kappa shape index (κ2) is 44.2. The van der Waals surface area contributed by atoms with Crippen molar-refractivity contribution in [1.82, 2.24) is 52.9 Å². The molecule has 26 nitrogen and oxygen atoms in total. The van der Waals surface area contributed by atoms with Crippen LogP contribution in [0.15, 0.2) is 200 Å². The first kappa shape index (κ1) is 101. The quantitative estimate of drug-likeness (QED) is 0.0292. The molecular weight excluding hydrogens is 1850 g/mol. The Kier molecular flexibility index (Phi) is 31.5. The second-order valence-corrected chi connectivity index (χ2v) is 36.2. The van der Waals surface area contributed by atoms with Gasteiger partial charge in [-0.1, -0.05) is 67.4 Å². The predicted molar refractivity (Wildman–Crippen MR) is 506 cm³/mol. The summed E-state index contributed by atoms with van der Waals surface area (Å²) in [5, 5.41) is 50.9. The van der Waals surface area contributed by atoms with Crippen LogP contribution in [0.1, 0.15) is 216 Å². The molecule has 0 bridgehead atoms. The van der Waals surface area contributed by atoms with Gasteiger partial charge in [-0.15, -0.1) is 0 Å². The lowest BCUT2D eigenvalue weighted by Crippen LogP contribution is -2.33. The fourth-order valence-corrected chi connectivity index (χ4v) is 19.0. The van der Waals surface area contributed by atoms with Crippen molar-refractivity contribution in [3.8, 4) is 22.9 Å². The summed E-state index contributed by atoms with van der Waals surface area (Å²) in [6, 6.07) is 48.3. The molecule has 0 radical (unpaired) electrons. The number of phenolic OH excluding ortho intramolecular Hbond substituents is 1. The van der Waals surface area contributed by atoms with E-state index in [0.717, 1.165) is 129 Å². The molecule has 7 heterocycles. The minimum atomic E-state index is -4.56. The molecule has 3 saturated carbocycles. The Balaban J connectivity index is 0.000000136. The summed E-state index contributed by atoms with van der Waals surface area (Å²) in [7, 11) is 0.